The van der Waals surface area contributed by atoms with Crippen LogP contribution in [-0.4, -0.2) is 45.6 Å². The molecule has 2 heterocycles. The largest absolute Gasteiger partial charge is 0.339 e. The Morgan fingerprint density at radius 1 is 0.677 bits per heavy atom. The van der Waals surface area contributed by atoms with Gasteiger partial charge in [-0.2, -0.15) is 27.4 Å². The first-order valence-electron chi connectivity index (χ1n) is 18.2. The monoisotopic (exact) mass is 986 g/mol. The van der Waals surface area contributed by atoms with E-state index in [-0.39, 0.29) is 81.9 Å². The van der Waals surface area contributed by atoms with Crippen molar-refractivity contribution < 1.29 is 34.4 Å². The van der Waals surface area contributed by atoms with Crippen molar-refractivity contribution >= 4 is 126 Å². The summed E-state index contributed by atoms with van der Waals surface area (Å²) in [5, 5.41) is 45.8. The average Bonchev–Trinajstić information content (AvgIpc) is 3.60. The molecule has 7 rings (SSSR count). The number of benzene rings is 5. The molecule has 0 fully saturated rings. The molecule has 0 unspecified atom stereocenters. The summed E-state index contributed by atoms with van der Waals surface area (Å²) in [5.41, 5.74) is 1.60. The van der Waals surface area contributed by atoms with Crippen LogP contribution in [0.1, 0.15) is 16.7 Å². The van der Waals surface area contributed by atoms with Crippen LogP contribution in [-0.2, 0) is 30.3 Å². The van der Waals surface area contributed by atoms with E-state index in [1.807, 2.05) is 0 Å². The standard InChI is InChI=1S/C41H28Cl2N10O8S4/c1-22-31(20-44)38(47-27-15-16-33(43)35(19-27)65(59,60)61)48-39(46-26-13-10-25(42)11-14-26)37(22)50-51-40-32(21-45)36(24-6-3-7-29(17-24)53-63(2,54)55)41(62-40)52-49-28-12-9-23-5-4-8-34(30(23)18-28)64(56,57)58/h3-19,53H,1-2H3,(H2,46,47,48)(H,56,57,58)(H,59,60,61). The minimum atomic E-state index is -4.73. The average molecular weight is 988 g/mol. The molecule has 18 nitrogen and oxygen atoms in total. The summed E-state index contributed by atoms with van der Waals surface area (Å²) in [5.74, 6) is -0.0165. The van der Waals surface area contributed by atoms with Crippen molar-refractivity contribution in [3.05, 3.63) is 130 Å². The lowest BCUT2D eigenvalue weighted by Crippen LogP contribution is -2.09. The maximum atomic E-state index is 12.2. The summed E-state index contributed by atoms with van der Waals surface area (Å²) >= 11 is 13.0. The van der Waals surface area contributed by atoms with Crippen LogP contribution in [0.15, 0.2) is 133 Å². The number of azo groups is 2. The number of nitrogens with one attached hydrogen (secondary N) is 3. The topological polar surface area (TPSA) is 289 Å². The van der Waals surface area contributed by atoms with Gasteiger partial charge in [0.1, 0.15) is 38.2 Å². The molecule has 65 heavy (non-hydrogen) atoms. The van der Waals surface area contributed by atoms with Gasteiger partial charge in [0.05, 0.1) is 22.5 Å². The highest BCUT2D eigenvalue weighted by Crippen LogP contribution is 2.49. The van der Waals surface area contributed by atoms with Gasteiger partial charge in [0, 0.05) is 38.6 Å². The highest BCUT2D eigenvalue weighted by atomic mass is 35.5. The van der Waals surface area contributed by atoms with Crippen LogP contribution in [0.4, 0.5) is 50.1 Å². The quantitative estimate of drug-likeness (QED) is 0.0531. The molecule has 0 aliphatic carbocycles. The summed E-state index contributed by atoms with van der Waals surface area (Å²) in [7, 11) is -13.1. The Morgan fingerprint density at radius 2 is 1.34 bits per heavy atom. The summed E-state index contributed by atoms with van der Waals surface area (Å²) in [6.45, 7) is 1.56. The second-order valence-corrected chi connectivity index (χ2v) is 20.1. The molecule has 0 spiro atoms. The second kappa shape index (κ2) is 18.3. The zero-order valence-corrected chi connectivity index (χ0v) is 38.0. The van der Waals surface area contributed by atoms with Crippen LogP contribution < -0.4 is 15.4 Å². The van der Waals surface area contributed by atoms with Gasteiger partial charge < -0.3 is 10.6 Å². The zero-order chi connectivity index (χ0) is 46.8. The van der Waals surface area contributed by atoms with Crippen LogP contribution in [0.25, 0.3) is 21.9 Å². The number of nitrogens with zero attached hydrogens (tertiary/aromatic N) is 7. The van der Waals surface area contributed by atoms with Gasteiger partial charge in [-0.15, -0.1) is 20.5 Å². The Labute approximate surface area is 385 Å². The number of rotatable bonds is 13. The number of sulfonamides is 1. The van der Waals surface area contributed by atoms with Crippen molar-refractivity contribution in [1.82, 2.24) is 4.98 Å². The highest BCUT2D eigenvalue weighted by Gasteiger charge is 2.24. The molecular formula is C41H28Cl2N10O8S4. The minimum absolute atomic E-state index is 0.00144. The first-order chi connectivity index (χ1) is 30.7. The van der Waals surface area contributed by atoms with Gasteiger partial charge in [-0.25, -0.2) is 13.4 Å². The Bertz CT molecular complexity index is 3570. The van der Waals surface area contributed by atoms with E-state index in [0.717, 1.165) is 23.7 Å². The molecule has 0 amide bonds. The molecule has 24 heteroatoms. The predicted molar refractivity (Wildman–Crippen MR) is 248 cm³/mol. The summed E-state index contributed by atoms with van der Waals surface area (Å²) < 4.78 is 94.6. The fraction of sp³-hybridized carbons (Fsp3) is 0.0488. The molecule has 0 saturated heterocycles. The Kier molecular flexibility index (Phi) is 13.0. The third kappa shape index (κ3) is 10.6. The summed E-state index contributed by atoms with van der Waals surface area (Å²) in [6.07, 6.45) is 0.977. The molecule has 328 valence electrons. The SMILES string of the molecule is Cc1c(C#N)c(Nc2ccc(Cl)c(S(=O)(=O)O)c2)nc(Nc2ccc(Cl)cc2)c1N=Nc1sc(N=Nc2ccc3cccc(S(=O)(=O)O)c3c2)c(-c2cccc(NS(C)(=O)=O)c2)c1C#N. The molecular weight excluding hydrogens is 960 g/mol. The van der Waals surface area contributed by atoms with Gasteiger partial charge in [0.15, 0.2) is 16.6 Å². The van der Waals surface area contributed by atoms with Gasteiger partial charge >= 0.3 is 0 Å². The van der Waals surface area contributed by atoms with Gasteiger partial charge in [-0.05, 0) is 90.7 Å². The van der Waals surface area contributed by atoms with Crippen LogP contribution in [0.3, 0.4) is 0 Å². The maximum Gasteiger partial charge on any atom is 0.296 e. The Hall–Kier alpha value is -6.86. The smallest absolute Gasteiger partial charge is 0.296 e. The number of hydrogen-bond acceptors (Lipinski definition) is 16. The van der Waals surface area contributed by atoms with Crippen molar-refractivity contribution in [3.63, 3.8) is 0 Å². The number of hydrogen-bond donors (Lipinski definition) is 5. The number of nitriles is 2. The van der Waals surface area contributed by atoms with E-state index in [0.29, 0.717) is 21.7 Å². The van der Waals surface area contributed by atoms with E-state index in [4.69, 9.17) is 23.2 Å². The van der Waals surface area contributed by atoms with E-state index in [9.17, 15) is 44.9 Å². The molecule has 7 aromatic rings. The maximum absolute atomic E-state index is 12.2. The van der Waals surface area contributed by atoms with E-state index in [1.165, 1.54) is 42.5 Å². The lowest BCUT2D eigenvalue weighted by Gasteiger charge is -2.16. The third-order valence-electron chi connectivity index (χ3n) is 9.14. The molecule has 0 aliphatic rings. The number of pyridine rings is 1. The van der Waals surface area contributed by atoms with Gasteiger partial charge in [-0.1, -0.05) is 64.9 Å². The predicted octanol–water partition coefficient (Wildman–Crippen LogP) is 11.5. The van der Waals surface area contributed by atoms with Gasteiger partial charge in [0.25, 0.3) is 20.2 Å². The molecule has 0 bridgehead atoms. The lowest BCUT2D eigenvalue weighted by molar-refractivity contribution is 0.481. The van der Waals surface area contributed by atoms with Crippen LogP contribution in [0.5, 0.6) is 0 Å². The van der Waals surface area contributed by atoms with Crippen molar-refractivity contribution in [3.8, 4) is 23.3 Å². The van der Waals surface area contributed by atoms with E-state index < -0.39 is 35.2 Å². The second-order valence-electron chi connectivity index (χ2n) is 13.7. The first kappa shape index (κ1) is 46.1. The lowest BCUT2D eigenvalue weighted by atomic mass is 10.0. The van der Waals surface area contributed by atoms with Gasteiger partial charge in [0.2, 0.25) is 10.0 Å². The number of fused-ring (bicyclic) bond motifs is 1. The molecule has 0 saturated carbocycles. The van der Waals surface area contributed by atoms with Crippen LogP contribution in [0.2, 0.25) is 10.0 Å². The summed E-state index contributed by atoms with van der Waals surface area (Å²) in [4.78, 5) is 3.69. The van der Waals surface area contributed by atoms with E-state index in [1.54, 1.807) is 61.5 Å². The zero-order valence-electron chi connectivity index (χ0n) is 33.2. The number of anilines is 5. The molecule has 0 atom stereocenters. The first-order valence-corrected chi connectivity index (χ1v) is 24.6. The third-order valence-corrected chi connectivity index (χ3v) is 13.2. The minimum Gasteiger partial charge on any atom is -0.339 e. The van der Waals surface area contributed by atoms with E-state index in [2.05, 4.69) is 52.9 Å². The Balaban J connectivity index is 1.39. The molecule has 5 aromatic carbocycles. The molecule has 2 aromatic heterocycles. The van der Waals surface area contributed by atoms with Crippen molar-refractivity contribution in [1.29, 1.82) is 10.5 Å². The normalized spacial score (nSPS) is 12.1. The fourth-order valence-electron chi connectivity index (χ4n) is 6.31. The van der Waals surface area contributed by atoms with Gasteiger partial charge in [-0.3, -0.25) is 13.8 Å². The summed E-state index contributed by atoms with van der Waals surface area (Å²) in [6, 6.07) is 29.5. The van der Waals surface area contributed by atoms with Crippen molar-refractivity contribution in [2.24, 2.45) is 20.5 Å². The number of aromatic nitrogens is 1. The molecule has 0 aliphatic heterocycles. The Morgan fingerprint density at radius 3 is 2.02 bits per heavy atom. The molecule has 5 N–H and O–H groups in total. The number of thiophene rings is 1. The van der Waals surface area contributed by atoms with Crippen LogP contribution in [0, 0.1) is 29.6 Å². The van der Waals surface area contributed by atoms with Crippen molar-refractivity contribution in [2.45, 2.75) is 16.7 Å². The van der Waals surface area contributed by atoms with Crippen molar-refractivity contribution in [2.75, 3.05) is 21.6 Å². The highest BCUT2D eigenvalue weighted by molar-refractivity contribution is 7.92. The number of halogens is 2. The van der Waals surface area contributed by atoms with E-state index >= 15 is 0 Å². The molecule has 0 radical (unpaired) electrons. The fourth-order valence-corrected chi connectivity index (χ4v) is 9.61. The van der Waals surface area contributed by atoms with Crippen LogP contribution >= 0.6 is 34.5 Å².